The summed E-state index contributed by atoms with van der Waals surface area (Å²) in [5.74, 6) is 0. The van der Waals surface area contributed by atoms with Crippen molar-refractivity contribution < 1.29 is 8.42 Å². The lowest BCUT2D eigenvalue weighted by molar-refractivity contribution is 0.601. The Morgan fingerprint density at radius 1 is 1.14 bits per heavy atom. The summed E-state index contributed by atoms with van der Waals surface area (Å²) in [6, 6.07) is 8.03. The molecule has 3 N–H and O–H groups in total. The summed E-state index contributed by atoms with van der Waals surface area (Å²) >= 11 is 9.23. The van der Waals surface area contributed by atoms with Gasteiger partial charge in [-0.25, -0.2) is 8.42 Å². The van der Waals surface area contributed by atoms with Gasteiger partial charge in [0.15, 0.2) is 0 Å². The fraction of sp³-hybridized carbons (Fsp3) is 0.143. The van der Waals surface area contributed by atoms with Gasteiger partial charge in [-0.05, 0) is 55.3 Å². The van der Waals surface area contributed by atoms with E-state index in [1.807, 2.05) is 26.0 Å². The van der Waals surface area contributed by atoms with Gasteiger partial charge in [-0.2, -0.15) is 0 Å². The van der Waals surface area contributed by atoms with E-state index in [2.05, 4.69) is 20.7 Å². The van der Waals surface area contributed by atoms with Crippen molar-refractivity contribution >= 4 is 48.9 Å². The number of rotatable bonds is 3. The SMILES string of the molecule is Cc1cc(Br)cc(C)c1NS(=O)(=O)c1cc(Cl)ccc1N. The predicted octanol–water partition coefficient (Wildman–Crippen LogP) is 4.10. The smallest absolute Gasteiger partial charge is 0.264 e. The Morgan fingerprint density at radius 2 is 1.71 bits per heavy atom. The highest BCUT2D eigenvalue weighted by molar-refractivity contribution is 9.10. The van der Waals surface area contributed by atoms with Crippen LogP contribution in [-0.2, 0) is 10.0 Å². The number of benzene rings is 2. The second kappa shape index (κ2) is 5.87. The van der Waals surface area contributed by atoms with Gasteiger partial charge >= 0.3 is 0 Å². The third-order valence-corrected chi connectivity index (χ3v) is 5.10. The number of aryl methyl sites for hydroxylation is 2. The molecule has 0 fully saturated rings. The summed E-state index contributed by atoms with van der Waals surface area (Å²) in [7, 11) is -3.80. The highest BCUT2D eigenvalue weighted by Gasteiger charge is 2.20. The summed E-state index contributed by atoms with van der Waals surface area (Å²) in [4.78, 5) is -0.0308. The standard InChI is InChI=1S/C14H14BrClN2O2S/c1-8-5-10(15)6-9(2)14(8)18-21(19,20)13-7-11(16)3-4-12(13)17/h3-7,18H,17H2,1-2H3. The topological polar surface area (TPSA) is 72.2 Å². The fourth-order valence-electron chi connectivity index (χ4n) is 2.00. The quantitative estimate of drug-likeness (QED) is 0.776. The molecule has 0 spiro atoms. The number of sulfonamides is 1. The molecule has 0 aliphatic carbocycles. The average molecular weight is 390 g/mol. The molecule has 2 aromatic carbocycles. The van der Waals surface area contributed by atoms with E-state index in [1.54, 1.807) is 6.07 Å². The van der Waals surface area contributed by atoms with Gasteiger partial charge in [0.2, 0.25) is 0 Å². The second-order valence-electron chi connectivity index (χ2n) is 4.70. The molecule has 0 amide bonds. The molecule has 0 aliphatic rings. The van der Waals surface area contributed by atoms with Crippen molar-refractivity contribution in [3.05, 3.63) is 51.0 Å². The van der Waals surface area contributed by atoms with Crippen molar-refractivity contribution in [2.24, 2.45) is 0 Å². The molecule has 0 saturated heterocycles. The number of nitrogens with two attached hydrogens (primary N) is 1. The molecule has 2 aromatic rings. The van der Waals surface area contributed by atoms with E-state index < -0.39 is 10.0 Å². The lowest BCUT2D eigenvalue weighted by atomic mass is 10.1. The lowest BCUT2D eigenvalue weighted by Gasteiger charge is -2.15. The summed E-state index contributed by atoms with van der Waals surface area (Å²) in [6.07, 6.45) is 0. The van der Waals surface area contributed by atoms with E-state index >= 15 is 0 Å². The molecule has 0 saturated carbocycles. The number of halogens is 2. The van der Waals surface area contributed by atoms with Crippen molar-refractivity contribution in [2.75, 3.05) is 10.5 Å². The van der Waals surface area contributed by atoms with Crippen LogP contribution in [0, 0.1) is 13.8 Å². The minimum atomic E-state index is -3.80. The van der Waals surface area contributed by atoms with E-state index in [0.29, 0.717) is 10.7 Å². The van der Waals surface area contributed by atoms with Crippen LogP contribution in [0.3, 0.4) is 0 Å². The van der Waals surface area contributed by atoms with Crippen LogP contribution in [0.2, 0.25) is 5.02 Å². The highest BCUT2D eigenvalue weighted by Crippen LogP contribution is 2.29. The first-order valence-electron chi connectivity index (χ1n) is 6.05. The zero-order valence-corrected chi connectivity index (χ0v) is 14.6. The molecular weight excluding hydrogens is 376 g/mol. The van der Waals surface area contributed by atoms with Gasteiger partial charge in [0, 0.05) is 9.50 Å². The fourth-order valence-corrected chi connectivity index (χ4v) is 4.29. The third kappa shape index (κ3) is 3.51. The maximum absolute atomic E-state index is 12.5. The first kappa shape index (κ1) is 16.1. The van der Waals surface area contributed by atoms with E-state index in [4.69, 9.17) is 17.3 Å². The Hall–Kier alpha value is -1.24. The predicted molar refractivity (Wildman–Crippen MR) is 90.3 cm³/mol. The van der Waals surface area contributed by atoms with Gasteiger partial charge in [0.25, 0.3) is 10.0 Å². The number of anilines is 2. The molecule has 0 atom stereocenters. The Morgan fingerprint density at radius 3 is 2.29 bits per heavy atom. The first-order chi connectivity index (χ1) is 9.70. The summed E-state index contributed by atoms with van der Waals surface area (Å²) < 4.78 is 28.5. The van der Waals surface area contributed by atoms with Crippen LogP contribution in [0.5, 0.6) is 0 Å². The monoisotopic (exact) mass is 388 g/mol. The molecule has 21 heavy (non-hydrogen) atoms. The van der Waals surface area contributed by atoms with Gasteiger partial charge in [0.1, 0.15) is 4.90 Å². The van der Waals surface area contributed by atoms with Gasteiger partial charge in [-0.15, -0.1) is 0 Å². The van der Waals surface area contributed by atoms with Crippen molar-refractivity contribution in [3.8, 4) is 0 Å². The normalized spacial score (nSPS) is 11.4. The molecule has 0 bridgehead atoms. The van der Waals surface area contributed by atoms with Gasteiger partial charge in [-0.1, -0.05) is 27.5 Å². The van der Waals surface area contributed by atoms with Crippen molar-refractivity contribution in [3.63, 3.8) is 0 Å². The largest absolute Gasteiger partial charge is 0.398 e. The number of nitrogen functional groups attached to an aromatic ring is 1. The molecule has 112 valence electrons. The Bertz CT molecular complexity index is 784. The Kier molecular flexibility index (Phi) is 4.51. The van der Waals surface area contributed by atoms with Crippen molar-refractivity contribution in [1.82, 2.24) is 0 Å². The van der Waals surface area contributed by atoms with Crippen molar-refractivity contribution in [2.45, 2.75) is 18.7 Å². The van der Waals surface area contributed by atoms with E-state index in [-0.39, 0.29) is 10.6 Å². The van der Waals surface area contributed by atoms with Crippen LogP contribution in [0.1, 0.15) is 11.1 Å². The average Bonchev–Trinajstić information content (AvgIpc) is 2.36. The maximum Gasteiger partial charge on any atom is 0.264 e. The molecule has 0 aromatic heterocycles. The van der Waals surface area contributed by atoms with Crippen LogP contribution in [0.15, 0.2) is 39.7 Å². The lowest BCUT2D eigenvalue weighted by Crippen LogP contribution is -2.16. The number of nitrogens with one attached hydrogen (secondary N) is 1. The van der Waals surface area contributed by atoms with E-state index in [9.17, 15) is 8.42 Å². The summed E-state index contributed by atoms with van der Waals surface area (Å²) in [5.41, 5.74) is 8.06. The van der Waals surface area contributed by atoms with Crippen LogP contribution in [-0.4, -0.2) is 8.42 Å². The van der Waals surface area contributed by atoms with Gasteiger partial charge < -0.3 is 5.73 Å². The molecule has 7 heteroatoms. The van der Waals surface area contributed by atoms with E-state index in [1.165, 1.54) is 12.1 Å². The molecule has 0 unspecified atom stereocenters. The molecule has 2 rings (SSSR count). The third-order valence-electron chi connectivity index (χ3n) is 3.00. The van der Waals surface area contributed by atoms with Gasteiger partial charge in [-0.3, -0.25) is 4.72 Å². The molecule has 4 nitrogen and oxygen atoms in total. The molecule has 0 radical (unpaired) electrons. The molecule has 0 aliphatic heterocycles. The zero-order valence-electron chi connectivity index (χ0n) is 11.4. The Labute approximate surface area is 137 Å². The summed E-state index contributed by atoms with van der Waals surface area (Å²) in [6.45, 7) is 3.66. The Balaban J connectivity index is 2.50. The molecular formula is C14H14BrClN2O2S. The number of hydrogen-bond donors (Lipinski definition) is 2. The van der Waals surface area contributed by atoms with E-state index in [0.717, 1.165) is 15.6 Å². The first-order valence-corrected chi connectivity index (χ1v) is 8.71. The van der Waals surface area contributed by atoms with Gasteiger partial charge in [0.05, 0.1) is 11.4 Å². The second-order valence-corrected chi connectivity index (χ2v) is 7.71. The van der Waals surface area contributed by atoms with Crippen LogP contribution in [0.25, 0.3) is 0 Å². The summed E-state index contributed by atoms with van der Waals surface area (Å²) in [5, 5.41) is 0.314. The highest BCUT2D eigenvalue weighted by atomic mass is 79.9. The van der Waals surface area contributed by atoms with Crippen LogP contribution < -0.4 is 10.5 Å². The van der Waals surface area contributed by atoms with Crippen molar-refractivity contribution in [1.29, 1.82) is 0 Å². The van der Waals surface area contributed by atoms with Crippen LogP contribution >= 0.6 is 27.5 Å². The molecule has 0 heterocycles. The zero-order chi connectivity index (χ0) is 15.8. The maximum atomic E-state index is 12.5. The number of hydrogen-bond acceptors (Lipinski definition) is 3. The minimum absolute atomic E-state index is 0.0308. The van der Waals surface area contributed by atoms with Crippen LogP contribution in [0.4, 0.5) is 11.4 Å². The minimum Gasteiger partial charge on any atom is -0.398 e.